The summed E-state index contributed by atoms with van der Waals surface area (Å²) in [7, 11) is 1.25. The standard InChI is InChI=1S/C17H23N3O4/c1-11-5-3-8-14(11)20-17(23)19-13-7-4-6-12(9-13)16(22)18-10-15(21)24-2/h4,6-7,9,11,14H,3,5,8,10H2,1-2H3,(H,18,22)(H2,19,20,23)/t11-,14-/m0/s1. The molecule has 2 rings (SSSR count). The van der Waals surface area contributed by atoms with Crippen LogP contribution in [0.25, 0.3) is 0 Å². The number of methoxy groups -OCH3 is 1. The Labute approximate surface area is 141 Å². The van der Waals surface area contributed by atoms with Crippen molar-refractivity contribution in [1.82, 2.24) is 10.6 Å². The number of ether oxygens (including phenoxy) is 1. The normalized spacial score (nSPS) is 19.4. The summed E-state index contributed by atoms with van der Waals surface area (Å²) < 4.78 is 4.47. The predicted octanol–water partition coefficient (Wildman–Crippen LogP) is 1.90. The molecular weight excluding hydrogens is 310 g/mol. The van der Waals surface area contributed by atoms with E-state index in [0.717, 1.165) is 19.3 Å². The van der Waals surface area contributed by atoms with E-state index in [2.05, 4.69) is 27.6 Å². The van der Waals surface area contributed by atoms with Crippen LogP contribution in [0.5, 0.6) is 0 Å². The number of anilines is 1. The zero-order chi connectivity index (χ0) is 17.5. The number of carbonyl (C=O) groups is 3. The molecule has 1 aliphatic rings. The second-order valence-electron chi connectivity index (χ2n) is 5.95. The molecule has 24 heavy (non-hydrogen) atoms. The zero-order valence-electron chi connectivity index (χ0n) is 13.9. The lowest BCUT2D eigenvalue weighted by Crippen LogP contribution is -2.39. The monoisotopic (exact) mass is 333 g/mol. The van der Waals surface area contributed by atoms with E-state index in [0.29, 0.717) is 17.2 Å². The van der Waals surface area contributed by atoms with E-state index in [1.807, 2.05) is 0 Å². The first kappa shape index (κ1) is 17.8. The first-order valence-corrected chi connectivity index (χ1v) is 8.02. The molecule has 2 atom stereocenters. The van der Waals surface area contributed by atoms with Crippen LogP contribution in [0.3, 0.4) is 0 Å². The van der Waals surface area contributed by atoms with Gasteiger partial charge in [-0.25, -0.2) is 4.79 Å². The molecule has 0 aliphatic heterocycles. The molecule has 0 radical (unpaired) electrons. The molecule has 1 fully saturated rings. The van der Waals surface area contributed by atoms with E-state index in [9.17, 15) is 14.4 Å². The molecule has 7 heteroatoms. The Morgan fingerprint density at radius 2 is 2.04 bits per heavy atom. The summed E-state index contributed by atoms with van der Waals surface area (Å²) in [4.78, 5) is 35.1. The van der Waals surface area contributed by atoms with E-state index in [-0.39, 0.29) is 18.6 Å². The maximum absolute atomic E-state index is 12.1. The highest BCUT2D eigenvalue weighted by molar-refractivity contribution is 5.98. The van der Waals surface area contributed by atoms with Crippen LogP contribution < -0.4 is 16.0 Å². The highest BCUT2D eigenvalue weighted by atomic mass is 16.5. The molecule has 3 amide bonds. The summed E-state index contributed by atoms with van der Waals surface area (Å²) in [6.45, 7) is 1.93. The molecule has 7 nitrogen and oxygen atoms in total. The van der Waals surface area contributed by atoms with Crippen molar-refractivity contribution in [1.29, 1.82) is 0 Å². The highest BCUT2D eigenvalue weighted by Crippen LogP contribution is 2.24. The summed E-state index contributed by atoms with van der Waals surface area (Å²) in [6, 6.07) is 6.45. The Hall–Kier alpha value is -2.57. The summed E-state index contributed by atoms with van der Waals surface area (Å²) in [5.74, 6) is -0.456. The molecule has 3 N–H and O–H groups in total. The van der Waals surface area contributed by atoms with Gasteiger partial charge in [-0.2, -0.15) is 0 Å². The molecule has 1 aromatic carbocycles. The minimum Gasteiger partial charge on any atom is -0.468 e. The van der Waals surface area contributed by atoms with Crippen LogP contribution in [0.1, 0.15) is 36.5 Å². The van der Waals surface area contributed by atoms with E-state index >= 15 is 0 Å². The number of esters is 1. The van der Waals surface area contributed by atoms with Crippen molar-refractivity contribution in [2.45, 2.75) is 32.2 Å². The topological polar surface area (TPSA) is 96.5 Å². The number of hydrogen-bond acceptors (Lipinski definition) is 4. The molecule has 0 bridgehead atoms. The minimum absolute atomic E-state index is 0.191. The summed E-state index contributed by atoms with van der Waals surface area (Å²) in [6.07, 6.45) is 3.24. The number of amides is 3. The average molecular weight is 333 g/mol. The van der Waals surface area contributed by atoms with Crippen LogP contribution in [0.4, 0.5) is 10.5 Å². The SMILES string of the molecule is COC(=O)CNC(=O)c1cccc(NC(=O)N[C@H]2CCC[C@@H]2C)c1. The van der Waals surface area contributed by atoms with Crippen molar-refractivity contribution in [2.75, 3.05) is 19.0 Å². The molecule has 0 aromatic heterocycles. The lowest BCUT2D eigenvalue weighted by atomic mass is 10.1. The second kappa shape index (κ2) is 8.33. The first-order valence-electron chi connectivity index (χ1n) is 8.02. The Kier molecular flexibility index (Phi) is 6.17. The van der Waals surface area contributed by atoms with Gasteiger partial charge < -0.3 is 20.7 Å². The van der Waals surface area contributed by atoms with Crippen LogP contribution in [0.15, 0.2) is 24.3 Å². The number of carbonyl (C=O) groups excluding carboxylic acids is 3. The van der Waals surface area contributed by atoms with E-state index < -0.39 is 11.9 Å². The number of rotatable bonds is 5. The molecule has 1 aliphatic carbocycles. The van der Waals surface area contributed by atoms with Gasteiger partial charge in [0.05, 0.1) is 7.11 Å². The van der Waals surface area contributed by atoms with Gasteiger partial charge >= 0.3 is 12.0 Å². The molecule has 0 unspecified atom stereocenters. The van der Waals surface area contributed by atoms with Gasteiger partial charge in [-0.05, 0) is 37.0 Å². The molecule has 0 saturated heterocycles. The molecule has 1 saturated carbocycles. The highest BCUT2D eigenvalue weighted by Gasteiger charge is 2.24. The van der Waals surface area contributed by atoms with E-state index in [1.54, 1.807) is 24.3 Å². The number of urea groups is 1. The van der Waals surface area contributed by atoms with Crippen LogP contribution in [-0.2, 0) is 9.53 Å². The maximum Gasteiger partial charge on any atom is 0.325 e. The Balaban J connectivity index is 1.90. The van der Waals surface area contributed by atoms with Crippen LogP contribution in [0.2, 0.25) is 0 Å². The van der Waals surface area contributed by atoms with Crippen molar-refractivity contribution < 1.29 is 19.1 Å². The Morgan fingerprint density at radius 3 is 2.71 bits per heavy atom. The smallest absolute Gasteiger partial charge is 0.325 e. The predicted molar refractivity (Wildman–Crippen MR) is 89.7 cm³/mol. The van der Waals surface area contributed by atoms with E-state index in [4.69, 9.17) is 0 Å². The first-order chi connectivity index (χ1) is 11.5. The summed E-state index contributed by atoms with van der Waals surface area (Å²) in [5.41, 5.74) is 0.870. The Bertz CT molecular complexity index is 618. The third-order valence-electron chi connectivity index (χ3n) is 4.18. The van der Waals surface area contributed by atoms with Gasteiger partial charge in [0.1, 0.15) is 6.54 Å². The van der Waals surface area contributed by atoms with Crippen LogP contribution in [0, 0.1) is 5.92 Å². The molecule has 1 aromatic rings. The van der Waals surface area contributed by atoms with Crippen LogP contribution >= 0.6 is 0 Å². The fourth-order valence-electron chi connectivity index (χ4n) is 2.76. The third kappa shape index (κ3) is 4.97. The largest absolute Gasteiger partial charge is 0.468 e. The number of hydrogen-bond donors (Lipinski definition) is 3. The van der Waals surface area contributed by atoms with Crippen molar-refractivity contribution in [3.8, 4) is 0 Å². The van der Waals surface area contributed by atoms with Gasteiger partial charge in [-0.15, -0.1) is 0 Å². The lowest BCUT2D eigenvalue weighted by molar-refractivity contribution is -0.139. The second-order valence-corrected chi connectivity index (χ2v) is 5.95. The molecule has 130 valence electrons. The third-order valence-corrected chi connectivity index (χ3v) is 4.18. The Morgan fingerprint density at radius 1 is 1.25 bits per heavy atom. The maximum atomic E-state index is 12.1. The van der Waals surface area contributed by atoms with Crippen molar-refractivity contribution >= 4 is 23.6 Å². The van der Waals surface area contributed by atoms with Crippen molar-refractivity contribution in [3.63, 3.8) is 0 Å². The van der Waals surface area contributed by atoms with Gasteiger partial charge in [0, 0.05) is 17.3 Å². The van der Waals surface area contributed by atoms with Crippen LogP contribution in [-0.4, -0.2) is 37.6 Å². The van der Waals surface area contributed by atoms with Gasteiger partial charge in [0.15, 0.2) is 0 Å². The van der Waals surface area contributed by atoms with Gasteiger partial charge in [0.25, 0.3) is 5.91 Å². The quantitative estimate of drug-likeness (QED) is 0.717. The average Bonchev–Trinajstić information content (AvgIpc) is 2.97. The molecular formula is C17H23N3O4. The van der Waals surface area contributed by atoms with Gasteiger partial charge in [-0.3, -0.25) is 9.59 Å². The summed E-state index contributed by atoms with van der Waals surface area (Å²) >= 11 is 0. The van der Waals surface area contributed by atoms with E-state index in [1.165, 1.54) is 7.11 Å². The lowest BCUT2D eigenvalue weighted by Gasteiger charge is -2.17. The van der Waals surface area contributed by atoms with Gasteiger partial charge in [-0.1, -0.05) is 19.4 Å². The van der Waals surface area contributed by atoms with Crippen molar-refractivity contribution in [2.24, 2.45) is 5.92 Å². The molecule has 0 spiro atoms. The summed E-state index contributed by atoms with van der Waals surface area (Å²) in [5, 5.41) is 8.15. The zero-order valence-corrected chi connectivity index (χ0v) is 13.9. The van der Waals surface area contributed by atoms with Gasteiger partial charge in [0.2, 0.25) is 0 Å². The van der Waals surface area contributed by atoms with Crippen molar-refractivity contribution in [3.05, 3.63) is 29.8 Å². The number of benzene rings is 1. The minimum atomic E-state index is -0.525. The fraction of sp³-hybridized carbons (Fsp3) is 0.471. The fourth-order valence-corrected chi connectivity index (χ4v) is 2.76. The molecule has 0 heterocycles. The number of nitrogens with one attached hydrogen (secondary N) is 3.